The van der Waals surface area contributed by atoms with Crippen molar-refractivity contribution < 1.29 is 9.84 Å². The molecule has 0 radical (unpaired) electrons. The standard InChI is InChI=1S/C18H20ClN5O2/c1-26-16-6-11(10-25)13(7-14(16)19)15-9-24-5-3-17(22-18(24)21-15)23-4-2-12(20)8-23/h3,5-7,9,12,25H,2,4,8,10,20H2,1H3/t12-/m0/s1. The number of aliphatic hydroxyl groups is 1. The maximum Gasteiger partial charge on any atom is 0.236 e. The predicted molar refractivity (Wildman–Crippen MR) is 101 cm³/mol. The summed E-state index contributed by atoms with van der Waals surface area (Å²) in [6.07, 6.45) is 4.78. The number of halogens is 1. The zero-order valence-corrected chi connectivity index (χ0v) is 15.1. The number of aromatic nitrogens is 3. The molecule has 0 bridgehead atoms. The molecule has 1 aliphatic rings. The number of hydrogen-bond donors (Lipinski definition) is 2. The second-order valence-corrected chi connectivity index (χ2v) is 6.82. The number of nitrogens with two attached hydrogens (primary N) is 1. The summed E-state index contributed by atoms with van der Waals surface area (Å²) in [6, 6.07) is 5.64. The van der Waals surface area contributed by atoms with Crippen molar-refractivity contribution in [2.75, 3.05) is 25.1 Å². The van der Waals surface area contributed by atoms with Gasteiger partial charge in [0.15, 0.2) is 0 Å². The van der Waals surface area contributed by atoms with Gasteiger partial charge in [0, 0.05) is 37.1 Å². The number of rotatable bonds is 4. The van der Waals surface area contributed by atoms with E-state index >= 15 is 0 Å². The molecule has 8 heteroatoms. The fourth-order valence-electron chi connectivity index (χ4n) is 3.29. The molecule has 1 atom stereocenters. The first kappa shape index (κ1) is 17.1. The third kappa shape index (κ3) is 2.98. The van der Waals surface area contributed by atoms with Crippen molar-refractivity contribution in [1.29, 1.82) is 0 Å². The Morgan fingerprint density at radius 3 is 2.92 bits per heavy atom. The molecule has 3 heterocycles. The second kappa shape index (κ2) is 6.75. The van der Waals surface area contributed by atoms with Gasteiger partial charge in [0.2, 0.25) is 5.78 Å². The highest BCUT2D eigenvalue weighted by molar-refractivity contribution is 6.32. The molecular formula is C18H20ClN5O2. The summed E-state index contributed by atoms with van der Waals surface area (Å²) in [7, 11) is 1.54. The van der Waals surface area contributed by atoms with E-state index in [1.807, 2.05) is 22.9 Å². The Labute approximate surface area is 156 Å². The van der Waals surface area contributed by atoms with Crippen LogP contribution in [0.2, 0.25) is 5.02 Å². The second-order valence-electron chi connectivity index (χ2n) is 6.42. The summed E-state index contributed by atoms with van der Waals surface area (Å²) in [4.78, 5) is 11.4. The molecule has 1 saturated heterocycles. The van der Waals surface area contributed by atoms with Crippen LogP contribution in [0.15, 0.2) is 30.6 Å². The smallest absolute Gasteiger partial charge is 0.236 e. The first-order valence-electron chi connectivity index (χ1n) is 8.43. The van der Waals surface area contributed by atoms with E-state index in [0.717, 1.165) is 30.9 Å². The summed E-state index contributed by atoms with van der Waals surface area (Å²) < 4.78 is 7.08. The van der Waals surface area contributed by atoms with Gasteiger partial charge in [-0.05, 0) is 30.2 Å². The van der Waals surface area contributed by atoms with Gasteiger partial charge < -0.3 is 20.5 Å². The molecule has 0 unspecified atom stereocenters. The largest absolute Gasteiger partial charge is 0.495 e. The van der Waals surface area contributed by atoms with Crippen LogP contribution in [0.25, 0.3) is 17.0 Å². The Bertz CT molecular complexity index is 958. The number of hydrogen-bond acceptors (Lipinski definition) is 6. The summed E-state index contributed by atoms with van der Waals surface area (Å²) in [5.74, 6) is 1.99. The van der Waals surface area contributed by atoms with Crippen LogP contribution in [-0.4, -0.2) is 45.7 Å². The van der Waals surface area contributed by atoms with Gasteiger partial charge in [-0.3, -0.25) is 4.40 Å². The maximum atomic E-state index is 9.71. The highest BCUT2D eigenvalue weighted by atomic mass is 35.5. The van der Waals surface area contributed by atoms with E-state index in [-0.39, 0.29) is 12.6 Å². The number of nitrogens with zero attached hydrogens (tertiary/aromatic N) is 4. The lowest BCUT2D eigenvalue weighted by Gasteiger charge is -2.16. The van der Waals surface area contributed by atoms with Crippen molar-refractivity contribution in [3.63, 3.8) is 0 Å². The summed E-state index contributed by atoms with van der Waals surface area (Å²) >= 11 is 6.26. The number of fused-ring (bicyclic) bond motifs is 1. The molecule has 0 amide bonds. The summed E-state index contributed by atoms with van der Waals surface area (Å²) in [5, 5.41) is 10.2. The molecule has 1 fully saturated rings. The van der Waals surface area contributed by atoms with Gasteiger partial charge in [-0.1, -0.05) is 11.6 Å². The van der Waals surface area contributed by atoms with Gasteiger partial charge in [0.25, 0.3) is 0 Å². The van der Waals surface area contributed by atoms with E-state index < -0.39 is 0 Å². The highest BCUT2D eigenvalue weighted by Gasteiger charge is 2.21. The summed E-state index contributed by atoms with van der Waals surface area (Å²) in [6.45, 7) is 1.57. The van der Waals surface area contributed by atoms with Crippen molar-refractivity contribution in [1.82, 2.24) is 14.4 Å². The first-order valence-corrected chi connectivity index (χ1v) is 8.80. The Hall–Kier alpha value is -2.35. The molecule has 0 aliphatic carbocycles. The van der Waals surface area contributed by atoms with Crippen molar-refractivity contribution >= 4 is 23.2 Å². The van der Waals surface area contributed by atoms with Crippen molar-refractivity contribution in [3.05, 3.63) is 41.2 Å². The summed E-state index contributed by atoms with van der Waals surface area (Å²) in [5.41, 5.74) is 8.14. The fraction of sp³-hybridized carbons (Fsp3) is 0.333. The van der Waals surface area contributed by atoms with Gasteiger partial charge in [0.1, 0.15) is 11.6 Å². The number of aliphatic hydroxyl groups excluding tert-OH is 1. The average Bonchev–Trinajstić information content (AvgIpc) is 3.26. The molecule has 2 aromatic heterocycles. The fourth-order valence-corrected chi connectivity index (χ4v) is 3.53. The zero-order chi connectivity index (χ0) is 18.3. The Kier molecular flexibility index (Phi) is 4.44. The molecule has 1 aromatic carbocycles. The Morgan fingerprint density at radius 2 is 2.23 bits per heavy atom. The maximum absolute atomic E-state index is 9.71. The molecule has 3 N–H and O–H groups in total. The molecule has 0 saturated carbocycles. The normalized spacial score (nSPS) is 17.2. The van der Waals surface area contributed by atoms with Gasteiger partial charge in [-0.2, -0.15) is 4.98 Å². The lowest BCUT2D eigenvalue weighted by atomic mass is 10.1. The van der Waals surface area contributed by atoms with Crippen molar-refractivity contribution in [2.24, 2.45) is 5.73 Å². The van der Waals surface area contributed by atoms with Crippen LogP contribution >= 0.6 is 11.6 Å². The van der Waals surface area contributed by atoms with Gasteiger partial charge in [-0.25, -0.2) is 4.98 Å². The van der Waals surface area contributed by atoms with Crippen LogP contribution in [0.1, 0.15) is 12.0 Å². The Morgan fingerprint density at radius 1 is 1.38 bits per heavy atom. The molecule has 7 nitrogen and oxygen atoms in total. The molecule has 136 valence electrons. The predicted octanol–water partition coefficient (Wildman–Crippen LogP) is 2.09. The number of methoxy groups -OCH3 is 1. The van der Waals surface area contributed by atoms with Crippen molar-refractivity contribution in [2.45, 2.75) is 19.1 Å². The van der Waals surface area contributed by atoms with Crippen LogP contribution in [0, 0.1) is 0 Å². The van der Waals surface area contributed by atoms with Crippen LogP contribution in [-0.2, 0) is 6.61 Å². The van der Waals surface area contributed by atoms with Crippen LogP contribution in [0.3, 0.4) is 0 Å². The molecular weight excluding hydrogens is 354 g/mol. The quantitative estimate of drug-likeness (QED) is 0.728. The van der Waals surface area contributed by atoms with E-state index in [1.54, 1.807) is 19.2 Å². The Balaban J connectivity index is 1.75. The first-order chi connectivity index (χ1) is 12.6. The lowest BCUT2D eigenvalue weighted by molar-refractivity contribution is 0.281. The van der Waals surface area contributed by atoms with E-state index in [0.29, 0.717) is 27.8 Å². The van der Waals surface area contributed by atoms with E-state index in [1.165, 1.54) is 0 Å². The van der Waals surface area contributed by atoms with E-state index in [9.17, 15) is 5.11 Å². The minimum atomic E-state index is -0.138. The number of ether oxygens (including phenoxy) is 1. The van der Waals surface area contributed by atoms with E-state index in [2.05, 4.69) is 14.9 Å². The number of anilines is 1. The number of imidazole rings is 1. The topological polar surface area (TPSA) is 88.9 Å². The molecule has 4 rings (SSSR count). The molecule has 0 spiro atoms. The SMILES string of the molecule is COc1cc(CO)c(-c2cn3ccc(N4CC[C@H](N)C4)nc3n2)cc1Cl. The molecule has 26 heavy (non-hydrogen) atoms. The average molecular weight is 374 g/mol. The third-order valence-electron chi connectivity index (χ3n) is 4.68. The van der Waals surface area contributed by atoms with Gasteiger partial charge in [-0.15, -0.1) is 0 Å². The van der Waals surface area contributed by atoms with Crippen LogP contribution < -0.4 is 15.4 Å². The van der Waals surface area contributed by atoms with Crippen LogP contribution in [0.4, 0.5) is 5.82 Å². The minimum absolute atomic E-state index is 0.138. The van der Waals surface area contributed by atoms with E-state index in [4.69, 9.17) is 22.1 Å². The van der Waals surface area contributed by atoms with Gasteiger partial charge in [0.05, 0.1) is 24.4 Å². The molecule has 3 aromatic rings. The minimum Gasteiger partial charge on any atom is -0.495 e. The van der Waals surface area contributed by atoms with Crippen LogP contribution in [0.5, 0.6) is 5.75 Å². The highest BCUT2D eigenvalue weighted by Crippen LogP contribution is 2.33. The lowest BCUT2D eigenvalue weighted by Crippen LogP contribution is -2.26. The van der Waals surface area contributed by atoms with Crippen molar-refractivity contribution in [3.8, 4) is 17.0 Å². The monoisotopic (exact) mass is 373 g/mol. The number of benzene rings is 1. The zero-order valence-electron chi connectivity index (χ0n) is 14.4. The van der Waals surface area contributed by atoms with Gasteiger partial charge >= 0.3 is 0 Å². The molecule has 1 aliphatic heterocycles. The third-order valence-corrected chi connectivity index (χ3v) is 4.98.